The lowest BCUT2D eigenvalue weighted by molar-refractivity contribution is 0.375. The fourth-order valence-corrected chi connectivity index (χ4v) is 3.42. The number of hydrogen-bond donors (Lipinski definition) is 3. The molecule has 0 aliphatic carbocycles. The Morgan fingerprint density at radius 2 is 1.85 bits per heavy atom. The fourth-order valence-electron chi connectivity index (χ4n) is 3.24. The highest BCUT2D eigenvalue weighted by Crippen LogP contribution is 2.26. The summed E-state index contributed by atoms with van der Waals surface area (Å²) in [7, 11) is 0. The van der Waals surface area contributed by atoms with Gasteiger partial charge in [0.1, 0.15) is 5.69 Å². The van der Waals surface area contributed by atoms with E-state index in [4.69, 9.17) is 11.6 Å². The Labute approximate surface area is 210 Å². The molecule has 0 fully saturated rings. The minimum Gasteiger partial charge on any atom is -0.389 e. The zero-order chi connectivity index (χ0) is 25.2. The maximum atomic E-state index is 6.02. The van der Waals surface area contributed by atoms with Gasteiger partial charge in [0.15, 0.2) is 5.82 Å². The summed E-state index contributed by atoms with van der Waals surface area (Å²) in [5.41, 5.74) is 4.02. The van der Waals surface area contributed by atoms with E-state index in [0.717, 1.165) is 62.4 Å². The summed E-state index contributed by atoms with van der Waals surface area (Å²) in [5, 5.41) is 6.61. The van der Waals surface area contributed by atoms with Crippen LogP contribution in [0.4, 0.5) is 5.82 Å². The first-order valence-electron chi connectivity index (χ1n) is 11.9. The number of rotatable bonds is 16. The molecule has 2 heterocycles. The van der Waals surface area contributed by atoms with E-state index in [1.165, 1.54) is 18.4 Å². The monoisotopic (exact) mass is 484 g/mol. The van der Waals surface area contributed by atoms with Crippen LogP contribution in [0.25, 0.3) is 5.70 Å². The lowest BCUT2D eigenvalue weighted by Gasteiger charge is -2.27. The lowest BCUT2D eigenvalue weighted by Crippen LogP contribution is -2.27. The number of aryl methyl sites for hydroxylation is 1. The molecule has 0 unspecified atom stereocenters. The van der Waals surface area contributed by atoms with Gasteiger partial charge in [-0.2, -0.15) is 4.98 Å². The molecule has 0 aromatic carbocycles. The minimum absolute atomic E-state index is 0.341. The van der Waals surface area contributed by atoms with Crippen LogP contribution < -0.4 is 10.6 Å². The fraction of sp³-hybridized carbons (Fsp3) is 0.407. The Morgan fingerprint density at radius 1 is 1.15 bits per heavy atom. The van der Waals surface area contributed by atoms with Crippen LogP contribution in [0.3, 0.4) is 0 Å². The highest BCUT2D eigenvalue weighted by molar-refractivity contribution is 6.28. The summed E-state index contributed by atoms with van der Waals surface area (Å²) < 4.78 is 0. The molecule has 2 aromatic heterocycles. The summed E-state index contributed by atoms with van der Waals surface area (Å²) in [6.45, 7) is 22.4. The van der Waals surface area contributed by atoms with Crippen LogP contribution in [-0.4, -0.2) is 39.5 Å². The van der Waals surface area contributed by atoms with Gasteiger partial charge < -0.3 is 20.5 Å². The second kappa shape index (κ2) is 17.5. The van der Waals surface area contributed by atoms with E-state index in [1.807, 2.05) is 37.5 Å². The van der Waals surface area contributed by atoms with Crippen molar-refractivity contribution in [3.63, 3.8) is 0 Å². The molecule has 3 N–H and O–H groups in total. The number of nitrogens with one attached hydrogen (secondary N) is 3. The molecule has 0 spiro atoms. The molecule has 0 aliphatic rings. The Kier molecular flexibility index (Phi) is 14.9. The summed E-state index contributed by atoms with van der Waals surface area (Å²) in [6, 6.07) is 4.06. The minimum atomic E-state index is 0.341. The smallest absolute Gasteiger partial charge is 0.202 e. The highest BCUT2D eigenvalue weighted by Gasteiger charge is 2.16. The van der Waals surface area contributed by atoms with E-state index in [1.54, 1.807) is 6.20 Å². The zero-order valence-electron chi connectivity index (χ0n) is 20.9. The van der Waals surface area contributed by atoms with Crippen LogP contribution in [0.1, 0.15) is 57.2 Å². The molecule has 7 heteroatoms. The van der Waals surface area contributed by atoms with Crippen molar-refractivity contribution in [2.75, 3.05) is 25.0 Å². The number of imidazole rings is 1. The maximum absolute atomic E-state index is 6.02. The Morgan fingerprint density at radius 3 is 2.47 bits per heavy atom. The molecule has 0 bridgehead atoms. The second-order valence-electron chi connectivity index (χ2n) is 7.98. The predicted molar refractivity (Wildman–Crippen MR) is 148 cm³/mol. The molecule has 0 saturated carbocycles. The third-order valence-corrected chi connectivity index (χ3v) is 5.21. The molecule has 6 nitrogen and oxygen atoms in total. The van der Waals surface area contributed by atoms with Gasteiger partial charge in [-0.3, -0.25) is 4.98 Å². The lowest BCUT2D eigenvalue weighted by atomic mass is 10.1. The van der Waals surface area contributed by atoms with Gasteiger partial charge in [-0.25, -0.2) is 0 Å². The van der Waals surface area contributed by atoms with Crippen LogP contribution in [0.5, 0.6) is 0 Å². The standard InChI is InChI=1S/C18H30ClN5.C9H11N/c1-6-8-9-12-24(13-10-11-21-14(3)4)15(5)16-17(20-7-2)23-18(19)22-16;1-2-3-4-9-5-7-10-8-6-9/h7,20-21H,2-3,5-6,8-13H2,1,4H3,(H,22,23);2,5-8H,1,3-4H2. The van der Waals surface area contributed by atoms with Crippen molar-refractivity contribution < 1.29 is 0 Å². The number of unbranched alkanes of at least 4 members (excludes halogenated alkanes) is 2. The van der Waals surface area contributed by atoms with Gasteiger partial charge in [-0.15, -0.1) is 6.58 Å². The molecule has 0 aliphatic heterocycles. The largest absolute Gasteiger partial charge is 0.389 e. The van der Waals surface area contributed by atoms with Gasteiger partial charge in [0.2, 0.25) is 5.28 Å². The van der Waals surface area contributed by atoms with Crippen LogP contribution in [0.15, 0.2) is 68.8 Å². The van der Waals surface area contributed by atoms with Crippen molar-refractivity contribution in [3.8, 4) is 0 Å². The van der Waals surface area contributed by atoms with Crippen LogP contribution in [0, 0.1) is 0 Å². The number of aromatic amines is 1. The number of H-pyrrole nitrogens is 1. The van der Waals surface area contributed by atoms with Crippen molar-refractivity contribution in [1.29, 1.82) is 0 Å². The van der Waals surface area contributed by atoms with Gasteiger partial charge in [0.25, 0.3) is 0 Å². The van der Waals surface area contributed by atoms with Gasteiger partial charge >= 0.3 is 0 Å². The molecule has 34 heavy (non-hydrogen) atoms. The van der Waals surface area contributed by atoms with Crippen molar-refractivity contribution in [3.05, 3.63) is 85.4 Å². The number of hydrogen-bond acceptors (Lipinski definition) is 5. The summed E-state index contributed by atoms with van der Waals surface area (Å²) in [6.07, 6.45) is 13.8. The average molecular weight is 485 g/mol. The van der Waals surface area contributed by atoms with Crippen molar-refractivity contribution in [1.82, 2.24) is 25.2 Å². The Bertz CT molecular complexity index is 875. The van der Waals surface area contributed by atoms with Crippen LogP contribution in [-0.2, 0) is 6.42 Å². The third kappa shape index (κ3) is 11.8. The summed E-state index contributed by atoms with van der Waals surface area (Å²) in [5.74, 6) is 0.653. The second-order valence-corrected chi connectivity index (χ2v) is 8.34. The number of allylic oxidation sites excluding steroid dienone is 2. The first-order chi connectivity index (χ1) is 16.4. The maximum Gasteiger partial charge on any atom is 0.202 e. The van der Waals surface area contributed by atoms with E-state index in [2.05, 4.69) is 63.7 Å². The average Bonchev–Trinajstić information content (AvgIpc) is 3.20. The number of pyridine rings is 1. The number of aromatic nitrogens is 3. The normalized spacial score (nSPS) is 9.97. The Hall–Kier alpha value is -2.99. The van der Waals surface area contributed by atoms with E-state index in [0.29, 0.717) is 11.1 Å². The SMILES string of the molecule is C=CCCc1ccncc1.C=CNc1nc(Cl)[nH]c1C(=C)N(CCCCC)CCCNC(=C)C. The van der Waals surface area contributed by atoms with Gasteiger partial charge in [0.05, 0.1) is 5.70 Å². The summed E-state index contributed by atoms with van der Waals surface area (Å²) >= 11 is 6.02. The molecule has 0 saturated heterocycles. The van der Waals surface area contributed by atoms with E-state index in [9.17, 15) is 0 Å². The molecule has 2 aromatic rings. The van der Waals surface area contributed by atoms with Crippen LogP contribution >= 0.6 is 11.6 Å². The first-order valence-corrected chi connectivity index (χ1v) is 12.3. The van der Waals surface area contributed by atoms with Crippen molar-refractivity contribution >= 4 is 23.1 Å². The predicted octanol–water partition coefficient (Wildman–Crippen LogP) is 6.79. The van der Waals surface area contributed by atoms with Gasteiger partial charge in [-0.1, -0.05) is 45.6 Å². The first kappa shape index (κ1) is 29.0. The van der Waals surface area contributed by atoms with E-state index < -0.39 is 0 Å². The third-order valence-electron chi connectivity index (χ3n) is 5.03. The molecule has 0 radical (unpaired) electrons. The molecule has 186 valence electrons. The summed E-state index contributed by atoms with van der Waals surface area (Å²) in [4.78, 5) is 13.5. The quantitative estimate of drug-likeness (QED) is 0.180. The zero-order valence-corrected chi connectivity index (χ0v) is 21.6. The van der Waals surface area contributed by atoms with Gasteiger partial charge in [-0.05, 0) is 68.1 Å². The number of nitrogens with zero attached hydrogens (tertiary/aromatic N) is 3. The molecule has 0 atom stereocenters. The molecular formula is C27H41ClN6. The number of anilines is 1. The van der Waals surface area contributed by atoms with Crippen LogP contribution in [0.2, 0.25) is 5.28 Å². The Balaban J connectivity index is 0.000000479. The van der Waals surface area contributed by atoms with Crippen molar-refractivity contribution in [2.45, 2.75) is 52.4 Å². The van der Waals surface area contributed by atoms with Gasteiger partial charge in [0, 0.05) is 37.7 Å². The molecular weight excluding hydrogens is 444 g/mol. The topological polar surface area (TPSA) is 68.9 Å². The molecule has 2 rings (SSSR count). The van der Waals surface area contributed by atoms with E-state index >= 15 is 0 Å². The highest BCUT2D eigenvalue weighted by atomic mass is 35.5. The van der Waals surface area contributed by atoms with Crippen molar-refractivity contribution in [2.24, 2.45) is 0 Å². The molecule has 0 amide bonds. The van der Waals surface area contributed by atoms with E-state index in [-0.39, 0.29) is 0 Å². The number of halogens is 1.